The summed E-state index contributed by atoms with van der Waals surface area (Å²) in [5.41, 5.74) is 0.850. The number of likely N-dealkylation sites (tertiary alicyclic amines) is 1. The largest absolute Gasteiger partial charge is 0.496 e. The summed E-state index contributed by atoms with van der Waals surface area (Å²) in [6, 6.07) is 8.77. The number of ether oxygens (including phenoxy) is 2. The quantitative estimate of drug-likeness (QED) is 0.833. The highest BCUT2D eigenvalue weighted by Gasteiger charge is 2.27. The van der Waals surface area contributed by atoms with Gasteiger partial charge in [0.25, 0.3) is 0 Å². The highest BCUT2D eigenvalue weighted by atomic mass is 16.5. The normalized spacial score (nSPS) is 24.7. The smallest absolute Gasteiger partial charge is 0.124 e. The molecule has 0 aliphatic carbocycles. The van der Waals surface area contributed by atoms with Crippen molar-refractivity contribution in [2.24, 2.45) is 0 Å². The Morgan fingerprint density at radius 2 is 2.09 bits per heavy atom. The Labute approximate surface area is 138 Å². The monoisotopic (exact) mass is 320 g/mol. The Balaban J connectivity index is 1.44. The molecule has 0 spiro atoms. The minimum Gasteiger partial charge on any atom is -0.496 e. The first-order chi connectivity index (χ1) is 11.3. The first kappa shape index (κ1) is 16.7. The molecular formula is C18H28N2O3. The third-order valence-corrected chi connectivity index (χ3v) is 5.05. The minimum absolute atomic E-state index is 0.484. The van der Waals surface area contributed by atoms with E-state index in [2.05, 4.69) is 10.2 Å². The van der Waals surface area contributed by atoms with E-state index < -0.39 is 6.10 Å². The van der Waals surface area contributed by atoms with E-state index in [0.717, 1.165) is 50.5 Å². The molecule has 2 saturated heterocycles. The van der Waals surface area contributed by atoms with Gasteiger partial charge in [0.05, 0.1) is 19.8 Å². The van der Waals surface area contributed by atoms with Gasteiger partial charge < -0.3 is 19.9 Å². The number of benzene rings is 1. The van der Waals surface area contributed by atoms with E-state index in [1.807, 2.05) is 24.3 Å². The number of rotatable bonds is 6. The summed E-state index contributed by atoms with van der Waals surface area (Å²) in [7, 11) is 1.64. The van der Waals surface area contributed by atoms with Crippen LogP contribution in [-0.2, 0) is 4.74 Å². The molecule has 0 bridgehead atoms. The van der Waals surface area contributed by atoms with E-state index in [1.54, 1.807) is 7.11 Å². The van der Waals surface area contributed by atoms with Gasteiger partial charge >= 0.3 is 0 Å². The van der Waals surface area contributed by atoms with Crippen molar-refractivity contribution in [3.8, 4) is 5.75 Å². The minimum atomic E-state index is -0.535. The van der Waals surface area contributed by atoms with Crippen LogP contribution in [0, 0.1) is 0 Å². The van der Waals surface area contributed by atoms with Crippen LogP contribution in [0.5, 0.6) is 5.75 Å². The van der Waals surface area contributed by atoms with Crippen LogP contribution in [0.1, 0.15) is 30.9 Å². The molecule has 128 valence electrons. The summed E-state index contributed by atoms with van der Waals surface area (Å²) in [5, 5.41) is 13.9. The van der Waals surface area contributed by atoms with E-state index >= 15 is 0 Å². The van der Waals surface area contributed by atoms with Crippen LogP contribution in [0.15, 0.2) is 24.3 Å². The van der Waals surface area contributed by atoms with Gasteiger partial charge in [-0.1, -0.05) is 18.2 Å². The lowest BCUT2D eigenvalue weighted by atomic mass is 10.0. The number of nitrogens with one attached hydrogen (secondary N) is 1. The van der Waals surface area contributed by atoms with Crippen LogP contribution >= 0.6 is 0 Å². The van der Waals surface area contributed by atoms with Gasteiger partial charge in [-0.3, -0.25) is 4.90 Å². The molecule has 2 fully saturated rings. The predicted octanol–water partition coefficient (Wildman–Crippen LogP) is 1.57. The number of hydrogen-bond acceptors (Lipinski definition) is 5. The van der Waals surface area contributed by atoms with Gasteiger partial charge in [0.2, 0.25) is 0 Å². The van der Waals surface area contributed by atoms with Crippen molar-refractivity contribution < 1.29 is 14.6 Å². The van der Waals surface area contributed by atoms with E-state index in [1.165, 1.54) is 6.42 Å². The SMILES string of the molecule is COc1ccccc1[C@H](O)CNC1CCN(C2CCOC2)CC1. The molecule has 1 aromatic carbocycles. The zero-order chi connectivity index (χ0) is 16.1. The molecule has 1 unspecified atom stereocenters. The summed E-state index contributed by atoms with van der Waals surface area (Å²) in [4.78, 5) is 2.56. The summed E-state index contributed by atoms with van der Waals surface area (Å²) in [6.07, 6.45) is 2.90. The number of para-hydroxylation sites is 1. The summed E-state index contributed by atoms with van der Waals surface area (Å²) in [5.74, 6) is 0.748. The van der Waals surface area contributed by atoms with Crippen LogP contribution in [0.25, 0.3) is 0 Å². The van der Waals surface area contributed by atoms with Crippen molar-refractivity contribution in [1.29, 1.82) is 0 Å². The molecule has 1 aromatic rings. The van der Waals surface area contributed by atoms with Crippen molar-refractivity contribution in [3.63, 3.8) is 0 Å². The second kappa shape index (κ2) is 8.11. The van der Waals surface area contributed by atoms with E-state index in [9.17, 15) is 5.11 Å². The molecule has 23 heavy (non-hydrogen) atoms. The molecule has 2 heterocycles. The maximum Gasteiger partial charge on any atom is 0.124 e. The number of hydrogen-bond donors (Lipinski definition) is 2. The number of nitrogens with zero attached hydrogens (tertiary/aromatic N) is 1. The third-order valence-electron chi connectivity index (χ3n) is 5.05. The first-order valence-corrected chi connectivity index (χ1v) is 8.64. The average Bonchev–Trinajstić information content (AvgIpc) is 3.14. The summed E-state index contributed by atoms with van der Waals surface area (Å²) >= 11 is 0. The lowest BCUT2D eigenvalue weighted by molar-refractivity contribution is 0.110. The molecule has 2 aliphatic heterocycles. The third kappa shape index (κ3) is 4.23. The average molecular weight is 320 g/mol. The Hall–Kier alpha value is -1.14. The molecule has 0 aromatic heterocycles. The Morgan fingerprint density at radius 3 is 2.78 bits per heavy atom. The van der Waals surface area contributed by atoms with Gasteiger partial charge in [-0.15, -0.1) is 0 Å². The van der Waals surface area contributed by atoms with E-state index in [-0.39, 0.29) is 0 Å². The lowest BCUT2D eigenvalue weighted by Crippen LogP contribution is -2.47. The fraction of sp³-hybridized carbons (Fsp3) is 0.667. The van der Waals surface area contributed by atoms with E-state index in [0.29, 0.717) is 18.6 Å². The Morgan fingerprint density at radius 1 is 1.30 bits per heavy atom. The number of aliphatic hydroxyl groups excluding tert-OH is 1. The lowest BCUT2D eigenvalue weighted by Gasteiger charge is -2.36. The molecule has 5 heteroatoms. The maximum atomic E-state index is 10.4. The van der Waals surface area contributed by atoms with Crippen LogP contribution in [0.3, 0.4) is 0 Å². The van der Waals surface area contributed by atoms with Crippen molar-refractivity contribution >= 4 is 0 Å². The molecule has 0 amide bonds. The maximum absolute atomic E-state index is 10.4. The molecule has 5 nitrogen and oxygen atoms in total. The fourth-order valence-electron chi connectivity index (χ4n) is 3.61. The highest BCUT2D eigenvalue weighted by molar-refractivity contribution is 5.35. The van der Waals surface area contributed by atoms with Crippen molar-refractivity contribution in [1.82, 2.24) is 10.2 Å². The molecule has 2 N–H and O–H groups in total. The second-order valence-corrected chi connectivity index (χ2v) is 6.49. The first-order valence-electron chi connectivity index (χ1n) is 8.64. The molecule has 0 saturated carbocycles. The highest BCUT2D eigenvalue weighted by Crippen LogP contribution is 2.25. The zero-order valence-corrected chi connectivity index (χ0v) is 13.9. The number of aliphatic hydroxyl groups is 1. The van der Waals surface area contributed by atoms with Gasteiger partial charge in [0.15, 0.2) is 0 Å². The van der Waals surface area contributed by atoms with Crippen LogP contribution in [-0.4, -0.2) is 62.0 Å². The van der Waals surface area contributed by atoms with Crippen LogP contribution < -0.4 is 10.1 Å². The summed E-state index contributed by atoms with van der Waals surface area (Å²) < 4.78 is 10.8. The number of methoxy groups -OCH3 is 1. The van der Waals surface area contributed by atoms with Gasteiger partial charge in [-0.2, -0.15) is 0 Å². The molecular weight excluding hydrogens is 292 g/mol. The molecule has 3 rings (SSSR count). The standard InChI is InChI=1S/C18H28N2O3/c1-22-18-5-3-2-4-16(18)17(21)12-19-14-6-9-20(10-7-14)15-8-11-23-13-15/h2-5,14-15,17,19,21H,6-13H2,1H3/t15?,17-/m1/s1. The Bertz CT molecular complexity index is 483. The summed E-state index contributed by atoms with van der Waals surface area (Å²) in [6.45, 7) is 4.61. The molecule has 2 atom stereocenters. The molecule has 2 aliphatic rings. The van der Waals surface area contributed by atoms with E-state index in [4.69, 9.17) is 9.47 Å². The van der Waals surface area contributed by atoms with Gasteiger partial charge in [-0.25, -0.2) is 0 Å². The molecule has 0 radical (unpaired) electrons. The van der Waals surface area contributed by atoms with Gasteiger partial charge in [0.1, 0.15) is 5.75 Å². The number of piperidine rings is 1. The van der Waals surface area contributed by atoms with Crippen molar-refractivity contribution in [3.05, 3.63) is 29.8 Å². The fourth-order valence-corrected chi connectivity index (χ4v) is 3.61. The van der Waals surface area contributed by atoms with Gasteiger partial charge in [0, 0.05) is 43.9 Å². The van der Waals surface area contributed by atoms with Crippen LogP contribution in [0.2, 0.25) is 0 Å². The predicted molar refractivity (Wildman–Crippen MR) is 89.8 cm³/mol. The zero-order valence-electron chi connectivity index (χ0n) is 13.9. The van der Waals surface area contributed by atoms with Crippen LogP contribution in [0.4, 0.5) is 0 Å². The second-order valence-electron chi connectivity index (χ2n) is 6.49. The van der Waals surface area contributed by atoms with Crippen molar-refractivity contribution in [2.75, 3.05) is 40.0 Å². The van der Waals surface area contributed by atoms with Gasteiger partial charge in [-0.05, 0) is 25.3 Å². The van der Waals surface area contributed by atoms with Crippen molar-refractivity contribution in [2.45, 2.75) is 37.5 Å². The topological polar surface area (TPSA) is 54.0 Å². The Kier molecular flexibility index (Phi) is 5.89.